The van der Waals surface area contributed by atoms with Crippen molar-refractivity contribution in [2.75, 3.05) is 7.11 Å². The SMILES string of the molecule is COc1ccccc1C(C)(N)c1cccnc1. The first-order valence-corrected chi connectivity index (χ1v) is 5.49. The van der Waals surface area contributed by atoms with Crippen molar-refractivity contribution in [3.8, 4) is 5.75 Å². The van der Waals surface area contributed by atoms with Gasteiger partial charge in [0.2, 0.25) is 0 Å². The highest BCUT2D eigenvalue weighted by molar-refractivity contribution is 5.44. The number of aromatic nitrogens is 1. The number of hydrogen-bond acceptors (Lipinski definition) is 3. The molecule has 2 aromatic rings. The number of pyridine rings is 1. The maximum absolute atomic E-state index is 6.42. The first-order valence-electron chi connectivity index (χ1n) is 5.49. The molecule has 1 aromatic carbocycles. The molecule has 0 aliphatic carbocycles. The normalized spacial score (nSPS) is 14.1. The van der Waals surface area contributed by atoms with Gasteiger partial charge in [-0.05, 0) is 24.6 Å². The second-order valence-electron chi connectivity index (χ2n) is 4.14. The van der Waals surface area contributed by atoms with Crippen LogP contribution in [0.15, 0.2) is 48.8 Å². The molecule has 0 saturated carbocycles. The Bertz CT molecular complexity index is 495. The Morgan fingerprint density at radius 2 is 1.94 bits per heavy atom. The van der Waals surface area contributed by atoms with E-state index in [1.54, 1.807) is 19.5 Å². The molecule has 0 saturated heterocycles. The van der Waals surface area contributed by atoms with Crippen LogP contribution in [-0.4, -0.2) is 12.1 Å². The topological polar surface area (TPSA) is 48.1 Å². The average molecular weight is 228 g/mol. The van der Waals surface area contributed by atoms with Crippen LogP contribution in [0.1, 0.15) is 18.1 Å². The van der Waals surface area contributed by atoms with Crippen LogP contribution in [0.25, 0.3) is 0 Å². The van der Waals surface area contributed by atoms with Gasteiger partial charge in [0.15, 0.2) is 0 Å². The third kappa shape index (κ3) is 2.15. The van der Waals surface area contributed by atoms with Gasteiger partial charge in [0.25, 0.3) is 0 Å². The summed E-state index contributed by atoms with van der Waals surface area (Å²) >= 11 is 0. The zero-order valence-electron chi connectivity index (χ0n) is 10.1. The molecule has 2 rings (SSSR count). The van der Waals surface area contributed by atoms with Gasteiger partial charge in [-0.25, -0.2) is 0 Å². The zero-order chi connectivity index (χ0) is 12.3. The van der Waals surface area contributed by atoms with Crippen LogP contribution in [0.2, 0.25) is 0 Å². The molecule has 0 fully saturated rings. The standard InChI is InChI=1S/C14H16N2O/c1-14(15,11-6-5-9-16-10-11)12-7-3-4-8-13(12)17-2/h3-10H,15H2,1-2H3. The summed E-state index contributed by atoms with van der Waals surface area (Å²) < 4.78 is 5.35. The fourth-order valence-corrected chi connectivity index (χ4v) is 1.90. The third-order valence-electron chi connectivity index (χ3n) is 2.93. The van der Waals surface area contributed by atoms with Crippen LogP contribution in [0, 0.1) is 0 Å². The predicted octanol–water partition coefficient (Wildman–Crippen LogP) is 2.31. The van der Waals surface area contributed by atoms with E-state index in [-0.39, 0.29) is 0 Å². The van der Waals surface area contributed by atoms with Crippen molar-refractivity contribution in [3.05, 3.63) is 59.9 Å². The Kier molecular flexibility index (Phi) is 3.11. The van der Waals surface area contributed by atoms with E-state index >= 15 is 0 Å². The summed E-state index contributed by atoms with van der Waals surface area (Å²) in [5, 5.41) is 0. The predicted molar refractivity (Wildman–Crippen MR) is 67.9 cm³/mol. The number of nitrogens with two attached hydrogens (primary N) is 1. The zero-order valence-corrected chi connectivity index (χ0v) is 10.1. The van der Waals surface area contributed by atoms with Gasteiger partial charge in [-0.1, -0.05) is 24.3 Å². The lowest BCUT2D eigenvalue weighted by atomic mass is 9.86. The molecular weight excluding hydrogens is 212 g/mol. The Morgan fingerprint density at radius 3 is 2.59 bits per heavy atom. The molecule has 1 unspecified atom stereocenters. The molecule has 3 heteroatoms. The summed E-state index contributed by atoms with van der Waals surface area (Å²) in [6, 6.07) is 11.6. The highest BCUT2D eigenvalue weighted by Gasteiger charge is 2.26. The molecular formula is C14H16N2O. The first-order chi connectivity index (χ1) is 8.16. The molecule has 3 nitrogen and oxygen atoms in total. The number of rotatable bonds is 3. The molecule has 17 heavy (non-hydrogen) atoms. The third-order valence-corrected chi connectivity index (χ3v) is 2.93. The smallest absolute Gasteiger partial charge is 0.124 e. The van der Waals surface area contributed by atoms with Crippen molar-refractivity contribution in [3.63, 3.8) is 0 Å². The van der Waals surface area contributed by atoms with Crippen LogP contribution in [-0.2, 0) is 5.54 Å². The molecule has 1 heterocycles. The maximum Gasteiger partial charge on any atom is 0.124 e. The first kappa shape index (κ1) is 11.6. The summed E-state index contributed by atoms with van der Waals surface area (Å²) in [5.74, 6) is 0.793. The van der Waals surface area contributed by atoms with Gasteiger partial charge in [0.1, 0.15) is 5.75 Å². The molecule has 88 valence electrons. The van der Waals surface area contributed by atoms with E-state index in [1.165, 1.54) is 0 Å². The van der Waals surface area contributed by atoms with E-state index in [4.69, 9.17) is 10.5 Å². The highest BCUT2D eigenvalue weighted by atomic mass is 16.5. The lowest BCUT2D eigenvalue weighted by Gasteiger charge is -2.27. The van der Waals surface area contributed by atoms with Crippen LogP contribution < -0.4 is 10.5 Å². The Balaban J connectivity index is 2.51. The number of para-hydroxylation sites is 1. The average Bonchev–Trinajstić information content (AvgIpc) is 2.39. The Labute approximate surface area is 101 Å². The lowest BCUT2D eigenvalue weighted by molar-refractivity contribution is 0.398. The van der Waals surface area contributed by atoms with E-state index in [0.717, 1.165) is 16.9 Å². The molecule has 0 aliphatic rings. The molecule has 0 aliphatic heterocycles. The number of benzene rings is 1. The fourth-order valence-electron chi connectivity index (χ4n) is 1.90. The van der Waals surface area contributed by atoms with Gasteiger partial charge in [0.05, 0.1) is 12.6 Å². The molecule has 2 N–H and O–H groups in total. The minimum Gasteiger partial charge on any atom is -0.496 e. The Hall–Kier alpha value is -1.87. The van der Waals surface area contributed by atoms with Crippen LogP contribution in [0.4, 0.5) is 0 Å². The molecule has 0 bridgehead atoms. The maximum atomic E-state index is 6.42. The van der Waals surface area contributed by atoms with Gasteiger partial charge in [0, 0.05) is 18.0 Å². The second kappa shape index (κ2) is 4.55. The van der Waals surface area contributed by atoms with Gasteiger partial charge < -0.3 is 10.5 Å². The fraction of sp³-hybridized carbons (Fsp3) is 0.214. The summed E-state index contributed by atoms with van der Waals surface area (Å²) in [6.45, 7) is 1.96. The molecule has 0 spiro atoms. The van der Waals surface area contributed by atoms with Crippen molar-refractivity contribution in [2.45, 2.75) is 12.5 Å². The molecule has 1 atom stereocenters. The largest absolute Gasteiger partial charge is 0.496 e. The minimum atomic E-state index is -0.610. The van der Waals surface area contributed by atoms with Gasteiger partial charge >= 0.3 is 0 Å². The highest BCUT2D eigenvalue weighted by Crippen LogP contribution is 2.32. The summed E-state index contributed by atoms with van der Waals surface area (Å²) in [7, 11) is 1.65. The van der Waals surface area contributed by atoms with Crippen LogP contribution in [0.3, 0.4) is 0 Å². The van der Waals surface area contributed by atoms with Crippen molar-refractivity contribution in [1.29, 1.82) is 0 Å². The minimum absolute atomic E-state index is 0.610. The number of nitrogens with zero attached hydrogens (tertiary/aromatic N) is 1. The van der Waals surface area contributed by atoms with Crippen molar-refractivity contribution < 1.29 is 4.74 Å². The van der Waals surface area contributed by atoms with Crippen molar-refractivity contribution in [1.82, 2.24) is 4.98 Å². The molecule has 0 amide bonds. The molecule has 1 aromatic heterocycles. The van der Waals surface area contributed by atoms with E-state index in [1.807, 2.05) is 43.3 Å². The van der Waals surface area contributed by atoms with Crippen LogP contribution in [0.5, 0.6) is 5.75 Å². The van der Waals surface area contributed by atoms with E-state index < -0.39 is 5.54 Å². The quantitative estimate of drug-likeness (QED) is 0.877. The Morgan fingerprint density at radius 1 is 1.18 bits per heavy atom. The van der Waals surface area contributed by atoms with Crippen molar-refractivity contribution in [2.24, 2.45) is 5.73 Å². The number of hydrogen-bond donors (Lipinski definition) is 1. The number of methoxy groups -OCH3 is 1. The molecule has 0 radical (unpaired) electrons. The summed E-state index contributed by atoms with van der Waals surface area (Å²) in [6.07, 6.45) is 3.52. The van der Waals surface area contributed by atoms with E-state index in [0.29, 0.717) is 0 Å². The summed E-state index contributed by atoms with van der Waals surface area (Å²) in [5.41, 5.74) is 7.72. The van der Waals surface area contributed by atoms with Gasteiger partial charge in [-0.3, -0.25) is 4.98 Å². The lowest BCUT2D eigenvalue weighted by Crippen LogP contribution is -2.34. The summed E-state index contributed by atoms with van der Waals surface area (Å²) in [4.78, 5) is 4.11. The monoisotopic (exact) mass is 228 g/mol. The van der Waals surface area contributed by atoms with E-state index in [9.17, 15) is 0 Å². The van der Waals surface area contributed by atoms with Crippen LogP contribution >= 0.6 is 0 Å². The van der Waals surface area contributed by atoms with Gasteiger partial charge in [-0.15, -0.1) is 0 Å². The van der Waals surface area contributed by atoms with Crippen molar-refractivity contribution >= 4 is 0 Å². The number of ether oxygens (including phenoxy) is 1. The second-order valence-corrected chi connectivity index (χ2v) is 4.14. The van der Waals surface area contributed by atoms with E-state index in [2.05, 4.69) is 4.98 Å². The van der Waals surface area contributed by atoms with Gasteiger partial charge in [-0.2, -0.15) is 0 Å².